The summed E-state index contributed by atoms with van der Waals surface area (Å²) >= 11 is 0. The van der Waals surface area contributed by atoms with Gasteiger partial charge >= 0.3 is 0 Å². The van der Waals surface area contributed by atoms with Gasteiger partial charge in [-0.15, -0.1) is 0 Å². The number of benzene rings is 1. The van der Waals surface area contributed by atoms with E-state index in [1.807, 2.05) is 51.1 Å². The van der Waals surface area contributed by atoms with Crippen LogP contribution in [0.3, 0.4) is 0 Å². The molecule has 3 heterocycles. The first-order chi connectivity index (χ1) is 15.0. The third kappa shape index (κ3) is 4.30. The molecule has 3 aliphatic heterocycles. The van der Waals surface area contributed by atoms with Gasteiger partial charge in [0.15, 0.2) is 5.72 Å². The minimum atomic E-state index is -1.40. The Morgan fingerprint density at radius 2 is 1.81 bits per heavy atom. The number of allylic oxidation sites excluding steroid dienone is 2. The van der Waals surface area contributed by atoms with Crippen LogP contribution < -0.4 is 0 Å². The predicted octanol–water partition coefficient (Wildman–Crippen LogP) is 4.63. The van der Waals surface area contributed by atoms with E-state index in [-0.39, 0.29) is 12.0 Å². The SMILES string of the molecule is CC1=C2CC/C(C)=C/CC[C@@](C)(O)[C@@H]3CC[C@](C)(CC2(O)N(Cc2ccccc2)C1=O)O3. The highest BCUT2D eigenvalue weighted by molar-refractivity contribution is 5.97. The Morgan fingerprint density at radius 1 is 1.09 bits per heavy atom. The Bertz CT molecular complexity index is 934. The van der Waals surface area contributed by atoms with E-state index in [0.717, 1.165) is 36.8 Å². The average Bonchev–Trinajstić information content (AvgIpc) is 3.20. The molecular formula is C27H37NO4. The van der Waals surface area contributed by atoms with Crippen molar-refractivity contribution in [3.8, 4) is 0 Å². The van der Waals surface area contributed by atoms with Gasteiger partial charge in [0.2, 0.25) is 0 Å². The summed E-state index contributed by atoms with van der Waals surface area (Å²) in [5.74, 6) is -0.106. The fourth-order valence-corrected chi connectivity index (χ4v) is 5.70. The predicted molar refractivity (Wildman–Crippen MR) is 125 cm³/mol. The van der Waals surface area contributed by atoms with Gasteiger partial charge in [0.25, 0.3) is 5.91 Å². The summed E-state index contributed by atoms with van der Waals surface area (Å²) in [5, 5.41) is 23.3. The zero-order valence-electron chi connectivity index (χ0n) is 19.9. The molecule has 4 rings (SSSR count). The van der Waals surface area contributed by atoms with Crippen LogP contribution >= 0.6 is 0 Å². The molecule has 2 bridgehead atoms. The normalized spacial score (nSPS) is 37.9. The first kappa shape index (κ1) is 23.2. The van der Waals surface area contributed by atoms with Crippen molar-refractivity contribution in [1.82, 2.24) is 4.90 Å². The lowest BCUT2D eigenvalue weighted by molar-refractivity contribution is -0.173. The number of fused-ring (bicyclic) bond motifs is 3. The van der Waals surface area contributed by atoms with Crippen molar-refractivity contribution in [2.75, 3.05) is 0 Å². The van der Waals surface area contributed by atoms with Gasteiger partial charge in [0, 0.05) is 18.5 Å². The fraction of sp³-hybridized carbons (Fsp3) is 0.593. The zero-order valence-corrected chi connectivity index (χ0v) is 19.9. The van der Waals surface area contributed by atoms with Crippen LogP contribution in [0.4, 0.5) is 0 Å². The Morgan fingerprint density at radius 3 is 2.53 bits per heavy atom. The van der Waals surface area contributed by atoms with Crippen molar-refractivity contribution >= 4 is 5.91 Å². The second-order valence-corrected chi connectivity index (χ2v) is 10.5. The number of hydrogen-bond donors (Lipinski definition) is 2. The van der Waals surface area contributed by atoms with Crippen molar-refractivity contribution in [1.29, 1.82) is 0 Å². The molecular weight excluding hydrogens is 402 g/mol. The van der Waals surface area contributed by atoms with Crippen molar-refractivity contribution in [3.05, 3.63) is 58.7 Å². The quantitative estimate of drug-likeness (QED) is 0.659. The van der Waals surface area contributed by atoms with Crippen molar-refractivity contribution < 1.29 is 19.7 Å². The standard InChI is InChI=1S/C27H37NO4/c1-19-9-8-15-26(4,30)23-14-16-25(3,32-23)18-27(31)22(13-12-19)20(2)24(29)28(27)17-21-10-6-5-7-11-21/h5-7,9-11,23,30-31H,8,12-18H2,1-4H3/b19-9+/t23-,25+,26+,27?/m0/s1. The zero-order chi connectivity index (χ0) is 23.1. The molecule has 3 aliphatic rings. The van der Waals surface area contributed by atoms with Crippen LogP contribution in [0, 0.1) is 0 Å². The van der Waals surface area contributed by atoms with E-state index < -0.39 is 16.9 Å². The Balaban J connectivity index is 1.73. The maximum absolute atomic E-state index is 13.4. The summed E-state index contributed by atoms with van der Waals surface area (Å²) in [7, 11) is 0. The van der Waals surface area contributed by atoms with Crippen molar-refractivity contribution in [2.45, 2.75) is 102 Å². The molecule has 32 heavy (non-hydrogen) atoms. The molecule has 1 aromatic rings. The molecule has 1 saturated heterocycles. The highest BCUT2D eigenvalue weighted by Crippen LogP contribution is 2.48. The maximum atomic E-state index is 13.4. The second-order valence-electron chi connectivity index (χ2n) is 10.5. The summed E-state index contributed by atoms with van der Waals surface area (Å²) in [6, 6.07) is 9.82. The number of carbonyl (C=O) groups is 1. The lowest BCUT2D eigenvalue weighted by Gasteiger charge is -2.42. The van der Waals surface area contributed by atoms with Gasteiger partial charge in [0.05, 0.1) is 17.3 Å². The summed E-state index contributed by atoms with van der Waals surface area (Å²) in [6.07, 6.45) is 6.54. The molecule has 5 heteroatoms. The highest BCUT2D eigenvalue weighted by atomic mass is 16.5. The Hall–Kier alpha value is -1.95. The van der Waals surface area contributed by atoms with Crippen LogP contribution in [0.5, 0.6) is 0 Å². The van der Waals surface area contributed by atoms with Crippen LogP contribution in [0.15, 0.2) is 53.1 Å². The van der Waals surface area contributed by atoms with E-state index in [4.69, 9.17) is 4.74 Å². The van der Waals surface area contributed by atoms with Gasteiger partial charge in [0.1, 0.15) is 0 Å². The highest BCUT2D eigenvalue weighted by Gasteiger charge is 2.55. The van der Waals surface area contributed by atoms with E-state index in [0.29, 0.717) is 31.4 Å². The lowest BCUT2D eigenvalue weighted by Crippen LogP contribution is -2.53. The van der Waals surface area contributed by atoms with Crippen molar-refractivity contribution in [3.63, 3.8) is 0 Å². The number of carbonyl (C=O) groups excluding carboxylic acids is 1. The number of rotatable bonds is 2. The van der Waals surface area contributed by atoms with Gasteiger partial charge in [-0.3, -0.25) is 4.79 Å². The molecule has 0 aromatic heterocycles. The largest absolute Gasteiger partial charge is 0.387 e. The molecule has 0 radical (unpaired) electrons. The summed E-state index contributed by atoms with van der Waals surface area (Å²) in [5.41, 5.74) is 0.720. The third-order valence-corrected chi connectivity index (χ3v) is 7.72. The minimum Gasteiger partial charge on any atom is -0.387 e. The smallest absolute Gasteiger partial charge is 0.252 e. The van der Waals surface area contributed by atoms with E-state index >= 15 is 0 Å². The Kier molecular flexibility index (Phi) is 6.12. The topological polar surface area (TPSA) is 70.0 Å². The summed E-state index contributed by atoms with van der Waals surface area (Å²) in [6.45, 7) is 8.16. The Labute approximate surface area is 191 Å². The third-order valence-electron chi connectivity index (χ3n) is 7.72. The van der Waals surface area contributed by atoms with Crippen LogP contribution in [0.25, 0.3) is 0 Å². The molecule has 5 nitrogen and oxygen atoms in total. The molecule has 2 N–H and O–H groups in total. The molecule has 1 amide bonds. The molecule has 1 aromatic carbocycles. The lowest BCUT2D eigenvalue weighted by atomic mass is 9.83. The van der Waals surface area contributed by atoms with Gasteiger partial charge < -0.3 is 19.8 Å². The molecule has 1 unspecified atom stereocenters. The maximum Gasteiger partial charge on any atom is 0.252 e. The van der Waals surface area contributed by atoms with Crippen LogP contribution in [-0.4, -0.2) is 44.1 Å². The number of hydrogen-bond acceptors (Lipinski definition) is 4. The molecule has 1 fully saturated rings. The van der Waals surface area contributed by atoms with Gasteiger partial charge in [-0.1, -0.05) is 42.0 Å². The number of aliphatic hydroxyl groups is 2. The number of amides is 1. The number of ether oxygens (including phenoxy) is 1. The molecule has 0 saturated carbocycles. The van der Waals surface area contributed by atoms with Crippen LogP contribution in [-0.2, 0) is 16.1 Å². The van der Waals surface area contributed by atoms with Crippen LogP contribution in [0.2, 0.25) is 0 Å². The van der Waals surface area contributed by atoms with E-state index in [1.165, 1.54) is 5.57 Å². The monoisotopic (exact) mass is 439 g/mol. The van der Waals surface area contributed by atoms with E-state index in [1.54, 1.807) is 4.90 Å². The van der Waals surface area contributed by atoms with Gasteiger partial charge in [-0.2, -0.15) is 0 Å². The molecule has 0 aliphatic carbocycles. The number of nitrogens with zero attached hydrogens (tertiary/aromatic N) is 1. The summed E-state index contributed by atoms with van der Waals surface area (Å²) in [4.78, 5) is 15.0. The van der Waals surface area contributed by atoms with Gasteiger partial charge in [-0.25, -0.2) is 0 Å². The summed E-state index contributed by atoms with van der Waals surface area (Å²) < 4.78 is 6.46. The van der Waals surface area contributed by atoms with E-state index in [9.17, 15) is 15.0 Å². The first-order valence-electron chi connectivity index (χ1n) is 11.9. The molecule has 4 atom stereocenters. The van der Waals surface area contributed by atoms with Gasteiger partial charge in [-0.05, 0) is 77.4 Å². The molecule has 174 valence electrons. The van der Waals surface area contributed by atoms with Crippen LogP contribution in [0.1, 0.15) is 78.2 Å². The molecule has 0 spiro atoms. The average molecular weight is 440 g/mol. The fourth-order valence-electron chi connectivity index (χ4n) is 5.70. The first-order valence-corrected chi connectivity index (χ1v) is 11.9. The second kappa shape index (κ2) is 8.44. The van der Waals surface area contributed by atoms with E-state index in [2.05, 4.69) is 13.0 Å². The van der Waals surface area contributed by atoms with Crippen molar-refractivity contribution in [2.24, 2.45) is 0 Å². The minimum absolute atomic E-state index is 0.106.